The van der Waals surface area contributed by atoms with E-state index in [9.17, 15) is 0 Å². The summed E-state index contributed by atoms with van der Waals surface area (Å²) in [5.74, 6) is 0. The molecule has 0 aromatic rings. The van der Waals surface area contributed by atoms with Crippen molar-refractivity contribution in [3.05, 3.63) is 0 Å². The molecule has 0 unspecified atom stereocenters. The summed E-state index contributed by atoms with van der Waals surface area (Å²) >= 11 is 0. The molecule has 0 spiro atoms. The van der Waals surface area contributed by atoms with E-state index in [-0.39, 0.29) is 68.0 Å². The Balaban J connectivity index is -0.0000000457. The van der Waals surface area contributed by atoms with Gasteiger partial charge in [0.1, 0.15) is 0 Å². The molecule has 0 N–H and O–H groups in total. The number of hydrogen-bond donors (Lipinski definition) is 0. The molecule has 68 valence electrons. The Bertz CT molecular complexity index is 213. The van der Waals surface area contributed by atoms with E-state index in [2.05, 4.69) is 0 Å². The second-order valence-electron chi connectivity index (χ2n) is 0.816. The summed E-state index contributed by atoms with van der Waals surface area (Å²) in [6, 6.07) is 0. The monoisotopic (exact) mass is 422 g/mol. The van der Waals surface area contributed by atoms with Gasteiger partial charge in [-0.3, -0.25) is 16.8 Å². The molecule has 0 amide bonds. The number of rotatable bonds is 0. The van der Waals surface area contributed by atoms with Crippen LogP contribution < -0.4 is 0 Å². The summed E-state index contributed by atoms with van der Waals surface area (Å²) in [6.07, 6.45) is 0. The van der Waals surface area contributed by atoms with E-state index in [1.165, 1.54) is 0 Å². The second kappa shape index (κ2) is 9.55. The van der Waals surface area contributed by atoms with Crippen LogP contribution in [0.1, 0.15) is 0 Å². The molecule has 0 aromatic heterocycles. The van der Waals surface area contributed by atoms with Gasteiger partial charge < -0.3 is 18.2 Å². The first-order valence-electron chi connectivity index (χ1n) is 1.33. The fourth-order valence-electron chi connectivity index (χ4n) is 0. The quantitative estimate of drug-likeness (QED) is 0.301. The van der Waals surface area contributed by atoms with Crippen molar-refractivity contribution in [1.82, 2.24) is 0 Å². The average molecular weight is 423 g/mol. The second-order valence-corrected chi connectivity index (χ2v) is 2.45. The molecule has 0 aliphatic rings. The Morgan fingerprint density at radius 3 is 0.667 bits per heavy atom. The van der Waals surface area contributed by atoms with E-state index in [0.717, 1.165) is 0 Å². The predicted octanol–water partition coefficient (Wildman–Crippen LogP) is -2.68. The van der Waals surface area contributed by atoms with Crippen molar-refractivity contribution in [2.75, 3.05) is 0 Å². The molecule has 0 saturated carbocycles. The fraction of sp³-hybridized carbons (Fsp3) is 0. The Hall–Kier alpha value is 2.00. The first-order chi connectivity index (χ1) is 4.00. The van der Waals surface area contributed by atoms with Gasteiger partial charge in [-0.25, -0.2) is 0 Å². The molecule has 0 radical (unpaired) electrons. The van der Waals surface area contributed by atoms with E-state index in [1.807, 2.05) is 0 Å². The van der Waals surface area contributed by atoms with Crippen molar-refractivity contribution in [1.29, 1.82) is 0 Å². The molecule has 0 heterocycles. The van der Waals surface area contributed by atoms with E-state index in [0.29, 0.717) is 0 Å². The molecule has 0 bridgehead atoms. The maximum atomic E-state index is 8.52. The fourth-order valence-corrected chi connectivity index (χ4v) is 0. The van der Waals surface area contributed by atoms with Gasteiger partial charge in [0.05, 0.1) is 0 Å². The molecule has 8 nitrogen and oxygen atoms in total. The van der Waals surface area contributed by atoms with Crippen molar-refractivity contribution < 1.29 is 103 Å². The molecule has 0 atom stereocenters. The third-order valence-corrected chi connectivity index (χ3v) is 0. The Morgan fingerprint density at radius 1 is 0.667 bits per heavy atom. The van der Waals surface area contributed by atoms with Crippen LogP contribution in [0.5, 0.6) is 0 Å². The van der Waals surface area contributed by atoms with Crippen molar-refractivity contribution in [3.8, 4) is 0 Å². The van der Waals surface area contributed by atoms with E-state index in [4.69, 9.17) is 35.0 Å². The first kappa shape index (κ1) is 23.7. The summed E-state index contributed by atoms with van der Waals surface area (Å²) < 4.78 is 68.2. The molecule has 0 saturated heterocycles. The van der Waals surface area contributed by atoms with Gasteiger partial charge in [0.15, 0.2) is 0 Å². The van der Waals surface area contributed by atoms with Crippen LogP contribution in [0.15, 0.2) is 0 Å². The molecule has 0 rings (SSSR count). The molecular weight excluding hydrogens is 423 g/mol. The van der Waals surface area contributed by atoms with Gasteiger partial charge in [-0.15, -0.1) is 0 Å². The zero-order valence-corrected chi connectivity index (χ0v) is 12.3. The van der Waals surface area contributed by atoms with Crippen molar-refractivity contribution in [2.45, 2.75) is 0 Å². The van der Waals surface area contributed by atoms with Gasteiger partial charge in [0, 0.05) is 62.5 Å². The van der Waals surface area contributed by atoms with Crippen LogP contribution in [0.3, 0.4) is 0 Å². The molecule has 0 aliphatic carbocycles. The maximum absolute atomic E-state index is 8.52. The Kier molecular flexibility index (Phi) is 18.8. The summed E-state index contributed by atoms with van der Waals surface area (Å²) in [4.78, 5) is 0. The van der Waals surface area contributed by atoms with Crippen molar-refractivity contribution >= 4 is 20.8 Å². The topological polar surface area (TPSA) is 161 Å². The van der Waals surface area contributed by atoms with Crippen LogP contribution >= 0.6 is 0 Å². The van der Waals surface area contributed by atoms with Crippen LogP contribution in [0, 0.1) is 41.7 Å². The van der Waals surface area contributed by atoms with E-state index >= 15 is 0 Å². The van der Waals surface area contributed by atoms with E-state index in [1.54, 1.807) is 0 Å². The number of hydrogen-bond acceptors (Lipinski definition) is 8. The van der Waals surface area contributed by atoms with Crippen LogP contribution in [0.2, 0.25) is 0 Å². The van der Waals surface area contributed by atoms with Gasteiger partial charge in [0.2, 0.25) is 0 Å². The minimum absolute atomic E-state index is 0. The summed E-state index contributed by atoms with van der Waals surface area (Å²) in [5.41, 5.74) is 0. The molecule has 0 aromatic carbocycles. The van der Waals surface area contributed by atoms with Crippen LogP contribution in [0.25, 0.3) is 0 Å². The van der Waals surface area contributed by atoms with E-state index < -0.39 is 20.8 Å². The summed E-state index contributed by atoms with van der Waals surface area (Å²) in [6.45, 7) is 0. The molecule has 0 aliphatic heterocycles. The van der Waals surface area contributed by atoms with Crippen molar-refractivity contribution in [3.63, 3.8) is 0 Å². The predicted molar refractivity (Wildman–Crippen MR) is 20.9 cm³/mol. The zero-order valence-electron chi connectivity index (χ0n) is 5.08. The van der Waals surface area contributed by atoms with Gasteiger partial charge >= 0.3 is 26.2 Å². The third kappa shape index (κ3) is 363. The van der Waals surface area contributed by atoms with Crippen LogP contribution in [-0.2, 0) is 47.0 Å². The van der Waals surface area contributed by atoms with Gasteiger partial charge in [-0.2, -0.15) is 0 Å². The minimum atomic E-state index is -5.17. The molecular formula is CeO8S2Zr. The molecule has 12 heteroatoms. The molecule has 0 fully saturated rings. The largest absolute Gasteiger partial charge is 4.00 e. The maximum Gasteiger partial charge on any atom is 4.00 e. The standard InChI is InChI=1S/Ce.2H2O4S.Zr/c;2*1-5(2,3)4;/h;2*(H2,1,2,3,4);/q;;;+4/p-4. The Labute approximate surface area is 122 Å². The summed E-state index contributed by atoms with van der Waals surface area (Å²) in [5, 5.41) is 0. The third-order valence-electron chi connectivity index (χ3n) is 0. The van der Waals surface area contributed by atoms with Gasteiger partial charge in [0.25, 0.3) is 0 Å². The smallest absolute Gasteiger partial charge is 0.759 e. The molecule has 12 heavy (non-hydrogen) atoms. The normalized spacial score (nSPS) is 9.67. The van der Waals surface area contributed by atoms with Crippen LogP contribution in [0.4, 0.5) is 0 Å². The van der Waals surface area contributed by atoms with Crippen molar-refractivity contribution in [2.24, 2.45) is 0 Å². The zero-order chi connectivity index (χ0) is 9.00. The first-order valence-corrected chi connectivity index (χ1v) is 4.00. The van der Waals surface area contributed by atoms with Crippen LogP contribution in [-0.4, -0.2) is 35.0 Å². The Morgan fingerprint density at radius 2 is 0.667 bits per heavy atom. The summed E-state index contributed by atoms with van der Waals surface area (Å²) in [7, 11) is -10.3. The SMILES string of the molecule is O=S(=O)([O-])[O-].O=S(=O)([O-])[O-].[Ce].[Zr+4]. The minimum Gasteiger partial charge on any atom is -0.759 e. The average Bonchev–Trinajstić information content (AvgIpc) is 1.12. The van der Waals surface area contributed by atoms with Gasteiger partial charge in [-0.1, -0.05) is 0 Å². The van der Waals surface area contributed by atoms with Gasteiger partial charge in [-0.05, 0) is 0 Å².